The highest BCUT2D eigenvalue weighted by Gasteiger charge is 2.20. The summed E-state index contributed by atoms with van der Waals surface area (Å²) in [7, 11) is 0. The third-order valence-corrected chi connectivity index (χ3v) is 5.26. The number of nitrogens with zero attached hydrogens (tertiary/aromatic N) is 3. The molecule has 4 heterocycles. The van der Waals surface area contributed by atoms with E-state index in [9.17, 15) is 4.79 Å². The SMILES string of the molecule is O=C(NCCc1nc(-c2ccccn2)no1)c1ccc([C@@H]2CCCO2)s1. The standard InChI is InChI=1S/C18H18N4O3S/c23-18(15-7-6-14(26-15)13-5-3-11-24-13)20-10-8-16-21-17(22-25-16)12-4-1-2-9-19-12/h1-2,4,6-7,9,13H,3,5,8,10-11H2,(H,20,23)/t13-/m0/s1. The summed E-state index contributed by atoms with van der Waals surface area (Å²) < 4.78 is 10.9. The number of hydrogen-bond acceptors (Lipinski definition) is 7. The molecule has 1 saturated heterocycles. The van der Waals surface area contributed by atoms with E-state index >= 15 is 0 Å². The molecule has 0 radical (unpaired) electrons. The first kappa shape index (κ1) is 16.9. The van der Waals surface area contributed by atoms with Gasteiger partial charge in [0.25, 0.3) is 5.91 Å². The number of hydrogen-bond donors (Lipinski definition) is 1. The summed E-state index contributed by atoms with van der Waals surface area (Å²) in [6.07, 6.45) is 4.39. The van der Waals surface area contributed by atoms with Crippen LogP contribution in [0.3, 0.4) is 0 Å². The van der Waals surface area contributed by atoms with Gasteiger partial charge in [0.2, 0.25) is 11.7 Å². The summed E-state index contributed by atoms with van der Waals surface area (Å²) in [5, 5.41) is 6.80. The number of thiophene rings is 1. The number of carbonyl (C=O) groups is 1. The van der Waals surface area contributed by atoms with Gasteiger partial charge in [0, 0.05) is 30.6 Å². The maximum atomic E-state index is 12.3. The smallest absolute Gasteiger partial charge is 0.261 e. The molecule has 1 atom stereocenters. The number of pyridine rings is 1. The van der Waals surface area contributed by atoms with Crippen LogP contribution < -0.4 is 5.32 Å². The van der Waals surface area contributed by atoms with Crippen LogP contribution in [0.25, 0.3) is 11.5 Å². The Labute approximate surface area is 154 Å². The van der Waals surface area contributed by atoms with Gasteiger partial charge < -0.3 is 14.6 Å². The molecular formula is C18H18N4O3S. The second-order valence-corrected chi connectivity index (χ2v) is 7.05. The van der Waals surface area contributed by atoms with Crippen molar-refractivity contribution in [3.8, 4) is 11.5 Å². The van der Waals surface area contributed by atoms with E-state index in [1.54, 1.807) is 6.20 Å². The summed E-state index contributed by atoms with van der Waals surface area (Å²) in [5.41, 5.74) is 0.659. The zero-order chi connectivity index (χ0) is 17.8. The van der Waals surface area contributed by atoms with E-state index in [1.807, 2.05) is 30.3 Å². The lowest BCUT2D eigenvalue weighted by atomic mass is 10.2. The Morgan fingerprint density at radius 1 is 1.31 bits per heavy atom. The predicted octanol–water partition coefficient (Wildman–Crippen LogP) is 3.02. The molecule has 1 amide bonds. The molecule has 0 aromatic carbocycles. The lowest BCUT2D eigenvalue weighted by Crippen LogP contribution is -2.24. The Bertz CT molecular complexity index is 871. The van der Waals surface area contributed by atoms with Crippen molar-refractivity contribution in [2.45, 2.75) is 25.4 Å². The van der Waals surface area contributed by atoms with Crippen molar-refractivity contribution < 1.29 is 14.1 Å². The Kier molecular flexibility index (Phi) is 5.03. The molecule has 134 valence electrons. The fourth-order valence-electron chi connectivity index (χ4n) is 2.78. The van der Waals surface area contributed by atoms with Crippen molar-refractivity contribution in [2.24, 2.45) is 0 Å². The molecule has 26 heavy (non-hydrogen) atoms. The molecule has 4 rings (SSSR count). The van der Waals surface area contributed by atoms with Crippen molar-refractivity contribution in [1.29, 1.82) is 0 Å². The molecule has 0 unspecified atom stereocenters. The normalized spacial score (nSPS) is 16.7. The van der Waals surface area contributed by atoms with Crippen LogP contribution in [0.15, 0.2) is 41.1 Å². The van der Waals surface area contributed by atoms with Crippen molar-refractivity contribution in [2.75, 3.05) is 13.2 Å². The summed E-state index contributed by atoms with van der Waals surface area (Å²) in [6.45, 7) is 1.23. The van der Waals surface area contributed by atoms with Crippen LogP contribution in [0, 0.1) is 0 Å². The molecule has 3 aromatic rings. The second kappa shape index (κ2) is 7.76. The predicted molar refractivity (Wildman–Crippen MR) is 95.8 cm³/mol. The fraction of sp³-hybridized carbons (Fsp3) is 0.333. The maximum Gasteiger partial charge on any atom is 0.261 e. The average Bonchev–Trinajstić information content (AvgIpc) is 3.42. The van der Waals surface area contributed by atoms with Crippen LogP contribution in [0.4, 0.5) is 0 Å². The first-order valence-electron chi connectivity index (χ1n) is 8.53. The van der Waals surface area contributed by atoms with E-state index in [1.165, 1.54) is 11.3 Å². The molecule has 0 spiro atoms. The second-order valence-electron chi connectivity index (χ2n) is 5.94. The van der Waals surface area contributed by atoms with E-state index < -0.39 is 0 Å². The van der Waals surface area contributed by atoms with Crippen molar-refractivity contribution in [1.82, 2.24) is 20.4 Å². The van der Waals surface area contributed by atoms with Gasteiger partial charge in [0.1, 0.15) is 5.69 Å². The first-order chi connectivity index (χ1) is 12.8. The summed E-state index contributed by atoms with van der Waals surface area (Å²) in [4.78, 5) is 22.6. The van der Waals surface area contributed by atoms with E-state index in [0.717, 1.165) is 24.3 Å². The highest BCUT2D eigenvalue weighted by Crippen LogP contribution is 2.33. The van der Waals surface area contributed by atoms with Crippen LogP contribution in [0.5, 0.6) is 0 Å². The topological polar surface area (TPSA) is 90.1 Å². The maximum absolute atomic E-state index is 12.3. The van der Waals surface area contributed by atoms with Crippen LogP contribution in [-0.2, 0) is 11.2 Å². The van der Waals surface area contributed by atoms with Crippen LogP contribution in [-0.4, -0.2) is 34.2 Å². The molecule has 0 bridgehead atoms. The van der Waals surface area contributed by atoms with Crippen molar-refractivity contribution in [3.63, 3.8) is 0 Å². The Balaban J connectivity index is 1.29. The number of rotatable bonds is 6. The zero-order valence-corrected chi connectivity index (χ0v) is 14.9. The largest absolute Gasteiger partial charge is 0.373 e. The van der Waals surface area contributed by atoms with Gasteiger partial charge in [-0.1, -0.05) is 11.2 Å². The molecule has 8 heteroatoms. The van der Waals surface area contributed by atoms with E-state index in [0.29, 0.717) is 35.3 Å². The highest BCUT2D eigenvalue weighted by atomic mass is 32.1. The van der Waals surface area contributed by atoms with Gasteiger partial charge in [-0.2, -0.15) is 4.98 Å². The van der Waals surface area contributed by atoms with Crippen LogP contribution in [0.2, 0.25) is 0 Å². The van der Waals surface area contributed by atoms with Gasteiger partial charge in [0.05, 0.1) is 11.0 Å². The molecule has 1 aliphatic heterocycles. The molecule has 1 aliphatic rings. The monoisotopic (exact) mass is 370 g/mol. The number of nitrogens with one attached hydrogen (secondary N) is 1. The van der Waals surface area contributed by atoms with Gasteiger partial charge >= 0.3 is 0 Å². The Hall–Kier alpha value is -2.58. The van der Waals surface area contributed by atoms with E-state index in [2.05, 4.69) is 20.4 Å². The number of carbonyl (C=O) groups excluding carboxylic acids is 1. The third-order valence-electron chi connectivity index (χ3n) is 4.08. The van der Waals surface area contributed by atoms with Gasteiger partial charge in [-0.3, -0.25) is 9.78 Å². The molecule has 1 N–H and O–H groups in total. The van der Waals surface area contributed by atoms with Gasteiger partial charge in [-0.15, -0.1) is 11.3 Å². The first-order valence-corrected chi connectivity index (χ1v) is 9.35. The molecule has 0 aliphatic carbocycles. The van der Waals surface area contributed by atoms with Crippen LogP contribution >= 0.6 is 11.3 Å². The highest BCUT2D eigenvalue weighted by molar-refractivity contribution is 7.14. The molecule has 1 fully saturated rings. The molecule has 0 saturated carbocycles. The molecular weight excluding hydrogens is 352 g/mol. The zero-order valence-electron chi connectivity index (χ0n) is 14.1. The Morgan fingerprint density at radius 3 is 3.08 bits per heavy atom. The van der Waals surface area contributed by atoms with E-state index in [4.69, 9.17) is 9.26 Å². The number of aromatic nitrogens is 3. The molecule has 3 aromatic heterocycles. The quantitative estimate of drug-likeness (QED) is 0.717. The minimum Gasteiger partial charge on any atom is -0.373 e. The minimum atomic E-state index is -0.0938. The molecule has 7 nitrogen and oxygen atoms in total. The number of ether oxygens (including phenoxy) is 1. The minimum absolute atomic E-state index is 0.0938. The summed E-state index contributed by atoms with van der Waals surface area (Å²) >= 11 is 1.49. The van der Waals surface area contributed by atoms with Gasteiger partial charge in [0.15, 0.2) is 0 Å². The van der Waals surface area contributed by atoms with E-state index in [-0.39, 0.29) is 12.0 Å². The van der Waals surface area contributed by atoms with Gasteiger partial charge in [-0.25, -0.2) is 0 Å². The van der Waals surface area contributed by atoms with Crippen LogP contribution in [0.1, 0.15) is 39.4 Å². The summed E-state index contributed by atoms with van der Waals surface area (Å²) in [6, 6.07) is 9.34. The Morgan fingerprint density at radius 2 is 2.27 bits per heavy atom. The fourth-order valence-corrected chi connectivity index (χ4v) is 3.78. The van der Waals surface area contributed by atoms with Gasteiger partial charge in [-0.05, 0) is 37.1 Å². The van der Waals surface area contributed by atoms with Crippen molar-refractivity contribution >= 4 is 17.2 Å². The third kappa shape index (κ3) is 3.81. The number of amides is 1. The van der Waals surface area contributed by atoms with Crippen molar-refractivity contribution in [3.05, 3.63) is 52.2 Å². The lowest BCUT2D eigenvalue weighted by Gasteiger charge is -2.05. The lowest BCUT2D eigenvalue weighted by molar-refractivity contribution is 0.0957. The summed E-state index contributed by atoms with van der Waals surface area (Å²) in [5.74, 6) is 0.826. The average molecular weight is 370 g/mol.